The molecule has 120 valence electrons. The van der Waals surface area contributed by atoms with Gasteiger partial charge in [0.15, 0.2) is 0 Å². The molecule has 23 heavy (non-hydrogen) atoms. The van der Waals surface area contributed by atoms with E-state index in [4.69, 9.17) is 0 Å². The molecule has 0 heterocycles. The zero-order valence-corrected chi connectivity index (χ0v) is 13.3. The van der Waals surface area contributed by atoms with Crippen molar-refractivity contribution in [2.75, 3.05) is 11.9 Å². The average molecular weight is 310 g/mol. The van der Waals surface area contributed by atoms with E-state index < -0.39 is 0 Å². The van der Waals surface area contributed by atoms with Crippen molar-refractivity contribution in [3.63, 3.8) is 0 Å². The summed E-state index contributed by atoms with van der Waals surface area (Å²) in [5.74, 6) is -0.0302. The Morgan fingerprint density at radius 2 is 1.43 bits per heavy atom. The average Bonchev–Trinajstić information content (AvgIpc) is 2.55. The van der Waals surface area contributed by atoms with Gasteiger partial charge in [-0.1, -0.05) is 49.4 Å². The molecule has 0 aromatic heterocycles. The summed E-state index contributed by atoms with van der Waals surface area (Å²) in [5, 5.41) is 5.71. The molecular weight excluding hydrogens is 288 g/mol. The van der Waals surface area contributed by atoms with Crippen molar-refractivity contribution in [1.29, 1.82) is 0 Å². The third-order valence-corrected chi connectivity index (χ3v) is 3.38. The van der Waals surface area contributed by atoms with E-state index in [1.54, 1.807) is 0 Å². The second-order valence-electron chi connectivity index (χ2n) is 5.43. The Hall–Kier alpha value is -2.62. The fourth-order valence-corrected chi connectivity index (χ4v) is 2.20. The van der Waals surface area contributed by atoms with Gasteiger partial charge in [-0.3, -0.25) is 9.59 Å². The summed E-state index contributed by atoms with van der Waals surface area (Å²) in [7, 11) is 0. The molecule has 0 aliphatic carbocycles. The van der Waals surface area contributed by atoms with Gasteiger partial charge in [-0.05, 0) is 29.7 Å². The lowest BCUT2D eigenvalue weighted by molar-refractivity contribution is -0.120. The molecule has 0 aliphatic rings. The fourth-order valence-electron chi connectivity index (χ4n) is 2.20. The number of carbonyl (C=O) groups excluding carboxylic acids is 2. The Labute approximate surface area is 136 Å². The lowest BCUT2D eigenvalue weighted by Crippen LogP contribution is -2.25. The quantitative estimate of drug-likeness (QED) is 0.826. The van der Waals surface area contributed by atoms with Crippen LogP contribution in [0.15, 0.2) is 54.6 Å². The topological polar surface area (TPSA) is 58.2 Å². The molecule has 0 unspecified atom stereocenters. The van der Waals surface area contributed by atoms with Gasteiger partial charge in [-0.25, -0.2) is 0 Å². The first-order chi connectivity index (χ1) is 11.2. The van der Waals surface area contributed by atoms with Crippen molar-refractivity contribution in [1.82, 2.24) is 5.32 Å². The molecule has 2 aromatic rings. The van der Waals surface area contributed by atoms with Crippen LogP contribution >= 0.6 is 0 Å². The minimum Gasteiger partial charge on any atom is -0.356 e. The zero-order chi connectivity index (χ0) is 16.5. The van der Waals surface area contributed by atoms with Gasteiger partial charge in [0, 0.05) is 12.2 Å². The molecule has 2 aromatic carbocycles. The van der Waals surface area contributed by atoms with E-state index in [0.29, 0.717) is 19.4 Å². The molecule has 0 spiro atoms. The Balaban J connectivity index is 1.84. The summed E-state index contributed by atoms with van der Waals surface area (Å²) < 4.78 is 0. The normalized spacial score (nSPS) is 10.1. The predicted octanol–water partition coefficient (Wildman–Crippen LogP) is 2.94. The van der Waals surface area contributed by atoms with E-state index in [-0.39, 0.29) is 11.8 Å². The van der Waals surface area contributed by atoms with Crippen LogP contribution in [0.5, 0.6) is 0 Å². The van der Waals surface area contributed by atoms with Gasteiger partial charge in [-0.2, -0.15) is 0 Å². The Morgan fingerprint density at radius 1 is 0.826 bits per heavy atom. The lowest BCUT2D eigenvalue weighted by atomic mass is 10.1. The Bertz CT molecular complexity index is 636. The van der Waals surface area contributed by atoms with Crippen molar-refractivity contribution >= 4 is 17.5 Å². The van der Waals surface area contributed by atoms with Crippen molar-refractivity contribution < 1.29 is 9.59 Å². The molecule has 4 nitrogen and oxygen atoms in total. The summed E-state index contributed by atoms with van der Waals surface area (Å²) >= 11 is 0. The first-order valence-electron chi connectivity index (χ1n) is 7.87. The van der Waals surface area contributed by atoms with Crippen LogP contribution in [0.3, 0.4) is 0 Å². The van der Waals surface area contributed by atoms with E-state index in [2.05, 4.69) is 10.6 Å². The molecule has 0 fully saturated rings. The lowest BCUT2D eigenvalue weighted by Gasteiger charge is -2.07. The van der Waals surface area contributed by atoms with Gasteiger partial charge >= 0.3 is 0 Å². The van der Waals surface area contributed by atoms with Gasteiger partial charge in [0.1, 0.15) is 0 Å². The number of anilines is 1. The van der Waals surface area contributed by atoms with E-state index in [1.807, 2.05) is 61.5 Å². The van der Waals surface area contributed by atoms with Gasteiger partial charge in [0.2, 0.25) is 11.8 Å². The molecule has 0 bridgehead atoms. The van der Waals surface area contributed by atoms with Crippen LogP contribution in [0.4, 0.5) is 5.69 Å². The smallest absolute Gasteiger partial charge is 0.228 e. The summed E-state index contributed by atoms with van der Waals surface area (Å²) in [6.45, 7) is 2.72. The Kier molecular flexibility index (Phi) is 6.36. The molecule has 0 saturated carbocycles. The van der Waals surface area contributed by atoms with Crippen LogP contribution < -0.4 is 10.6 Å². The molecule has 0 saturated heterocycles. The van der Waals surface area contributed by atoms with Crippen LogP contribution in [-0.4, -0.2) is 18.4 Å². The van der Waals surface area contributed by atoms with Gasteiger partial charge in [-0.15, -0.1) is 0 Å². The van der Waals surface area contributed by atoms with Crippen molar-refractivity contribution in [3.05, 3.63) is 65.7 Å². The minimum absolute atomic E-state index is 0.0210. The number of hydrogen-bond donors (Lipinski definition) is 2. The maximum atomic E-state index is 12.0. The van der Waals surface area contributed by atoms with E-state index in [1.165, 1.54) is 0 Å². The third kappa shape index (κ3) is 5.94. The molecule has 0 atom stereocenters. The third-order valence-electron chi connectivity index (χ3n) is 3.38. The molecule has 2 N–H and O–H groups in total. The molecule has 0 radical (unpaired) electrons. The molecular formula is C19H22N2O2. The van der Waals surface area contributed by atoms with Gasteiger partial charge < -0.3 is 10.6 Å². The summed E-state index contributed by atoms with van der Waals surface area (Å²) in [5.41, 5.74) is 2.65. The standard InChI is InChI=1S/C19H22N2O2/c1-2-12-20-18(22)13-16-8-10-17(11-9-16)21-19(23)14-15-6-4-3-5-7-15/h3-11H,2,12-14H2,1H3,(H,20,22)(H,21,23). The van der Waals surface area contributed by atoms with Crippen LogP contribution in [0.1, 0.15) is 24.5 Å². The highest BCUT2D eigenvalue weighted by molar-refractivity contribution is 5.92. The SMILES string of the molecule is CCCNC(=O)Cc1ccc(NC(=O)Cc2ccccc2)cc1. The van der Waals surface area contributed by atoms with Crippen LogP contribution in [0, 0.1) is 0 Å². The highest BCUT2D eigenvalue weighted by Gasteiger charge is 2.05. The fraction of sp³-hybridized carbons (Fsp3) is 0.263. The van der Waals surface area contributed by atoms with Gasteiger partial charge in [0.05, 0.1) is 12.8 Å². The second kappa shape index (κ2) is 8.73. The van der Waals surface area contributed by atoms with Crippen LogP contribution in [0.2, 0.25) is 0 Å². The number of rotatable bonds is 7. The first-order valence-corrected chi connectivity index (χ1v) is 7.87. The molecule has 0 aliphatic heterocycles. The summed E-state index contributed by atoms with van der Waals surface area (Å²) in [6.07, 6.45) is 1.64. The first kappa shape index (κ1) is 16.7. The molecule has 4 heteroatoms. The Morgan fingerprint density at radius 3 is 2.09 bits per heavy atom. The highest BCUT2D eigenvalue weighted by Crippen LogP contribution is 2.11. The highest BCUT2D eigenvalue weighted by atomic mass is 16.2. The van der Waals surface area contributed by atoms with Crippen molar-refractivity contribution in [3.8, 4) is 0 Å². The minimum atomic E-state index is -0.0513. The number of benzene rings is 2. The van der Waals surface area contributed by atoms with Crippen LogP contribution in [-0.2, 0) is 22.4 Å². The molecule has 2 rings (SSSR count). The summed E-state index contributed by atoms with van der Waals surface area (Å²) in [4.78, 5) is 23.6. The maximum absolute atomic E-state index is 12.0. The molecule has 2 amide bonds. The van der Waals surface area contributed by atoms with E-state index >= 15 is 0 Å². The number of carbonyl (C=O) groups is 2. The van der Waals surface area contributed by atoms with Crippen LogP contribution in [0.25, 0.3) is 0 Å². The number of nitrogens with one attached hydrogen (secondary N) is 2. The maximum Gasteiger partial charge on any atom is 0.228 e. The van der Waals surface area contributed by atoms with Crippen molar-refractivity contribution in [2.45, 2.75) is 26.2 Å². The number of hydrogen-bond acceptors (Lipinski definition) is 2. The number of amides is 2. The van der Waals surface area contributed by atoms with E-state index in [0.717, 1.165) is 23.2 Å². The van der Waals surface area contributed by atoms with E-state index in [9.17, 15) is 9.59 Å². The largest absolute Gasteiger partial charge is 0.356 e. The zero-order valence-electron chi connectivity index (χ0n) is 13.3. The second-order valence-corrected chi connectivity index (χ2v) is 5.43. The summed E-state index contributed by atoms with van der Waals surface area (Å²) in [6, 6.07) is 17.0. The van der Waals surface area contributed by atoms with Gasteiger partial charge in [0.25, 0.3) is 0 Å². The monoisotopic (exact) mass is 310 g/mol. The predicted molar refractivity (Wildman–Crippen MR) is 92.2 cm³/mol. The van der Waals surface area contributed by atoms with Crippen molar-refractivity contribution in [2.24, 2.45) is 0 Å².